The minimum absolute atomic E-state index is 0.142. The van der Waals surface area contributed by atoms with Crippen LogP contribution in [0.15, 0.2) is 42.5 Å². The van der Waals surface area contributed by atoms with Gasteiger partial charge < -0.3 is 10.4 Å². The molecule has 1 amide bonds. The van der Waals surface area contributed by atoms with E-state index in [1.54, 1.807) is 6.92 Å². The summed E-state index contributed by atoms with van der Waals surface area (Å²) in [6, 6.07) is 13.6. The monoisotopic (exact) mass is 229 g/mol. The number of benzene rings is 2. The van der Waals surface area contributed by atoms with Crippen LogP contribution in [0.25, 0.3) is 10.8 Å². The average molecular weight is 229 g/mol. The minimum atomic E-state index is -0.394. The Morgan fingerprint density at radius 3 is 2.71 bits per heavy atom. The molecule has 3 nitrogen and oxygen atoms in total. The van der Waals surface area contributed by atoms with Gasteiger partial charge in [0.25, 0.3) is 0 Å². The van der Waals surface area contributed by atoms with Crippen LogP contribution in [-0.2, 0) is 4.79 Å². The predicted molar refractivity (Wildman–Crippen MR) is 68.8 cm³/mol. The summed E-state index contributed by atoms with van der Waals surface area (Å²) in [5.41, 5.74) is 0.786. The first-order valence-electron chi connectivity index (χ1n) is 5.62. The number of aliphatic hydroxyl groups is 1. The van der Waals surface area contributed by atoms with Gasteiger partial charge in [0.2, 0.25) is 5.91 Å². The smallest absolute Gasteiger partial charge is 0.229 e. The number of carbonyl (C=O) groups excluding carboxylic acids is 1. The highest BCUT2D eigenvalue weighted by Crippen LogP contribution is 2.23. The molecule has 2 rings (SSSR count). The zero-order valence-electron chi connectivity index (χ0n) is 9.68. The molecule has 0 saturated heterocycles. The Hall–Kier alpha value is -1.87. The van der Waals surface area contributed by atoms with Gasteiger partial charge >= 0.3 is 0 Å². The second-order valence-corrected chi connectivity index (χ2v) is 4.10. The lowest BCUT2D eigenvalue weighted by atomic mass is 10.1. The molecule has 0 aliphatic heterocycles. The molecule has 2 aromatic rings. The first kappa shape index (κ1) is 11.6. The Balaban J connectivity index is 2.33. The van der Waals surface area contributed by atoms with Crippen LogP contribution in [0.5, 0.6) is 0 Å². The van der Waals surface area contributed by atoms with Gasteiger partial charge in [-0.05, 0) is 11.5 Å². The summed E-state index contributed by atoms with van der Waals surface area (Å²) in [6.07, 6.45) is 0. The van der Waals surface area contributed by atoms with E-state index in [0.717, 1.165) is 16.5 Å². The Kier molecular flexibility index (Phi) is 3.40. The molecule has 88 valence electrons. The van der Waals surface area contributed by atoms with E-state index < -0.39 is 5.92 Å². The van der Waals surface area contributed by atoms with Crippen molar-refractivity contribution in [3.63, 3.8) is 0 Å². The van der Waals surface area contributed by atoms with Gasteiger partial charge in [-0.25, -0.2) is 0 Å². The van der Waals surface area contributed by atoms with E-state index in [4.69, 9.17) is 5.11 Å². The van der Waals surface area contributed by atoms with Crippen molar-refractivity contribution in [3.05, 3.63) is 42.5 Å². The molecule has 0 radical (unpaired) electrons. The lowest BCUT2D eigenvalue weighted by Crippen LogP contribution is -2.23. The molecule has 0 spiro atoms. The molecule has 0 aliphatic rings. The molecule has 0 aromatic heterocycles. The van der Waals surface area contributed by atoms with Gasteiger partial charge in [-0.2, -0.15) is 0 Å². The quantitative estimate of drug-likeness (QED) is 0.849. The molecule has 1 unspecified atom stereocenters. The molecule has 17 heavy (non-hydrogen) atoms. The van der Waals surface area contributed by atoms with Crippen molar-refractivity contribution >= 4 is 22.4 Å². The summed E-state index contributed by atoms with van der Waals surface area (Å²) in [7, 11) is 0. The number of anilines is 1. The Morgan fingerprint density at radius 1 is 1.24 bits per heavy atom. The zero-order chi connectivity index (χ0) is 12.3. The SMILES string of the molecule is CC(CO)C(=O)Nc1cccc2ccccc12. The maximum Gasteiger partial charge on any atom is 0.229 e. The lowest BCUT2D eigenvalue weighted by molar-refractivity contribution is -0.120. The fraction of sp³-hybridized carbons (Fsp3) is 0.214. The predicted octanol–water partition coefficient (Wildman–Crippen LogP) is 2.41. The van der Waals surface area contributed by atoms with Crippen LogP contribution >= 0.6 is 0 Å². The van der Waals surface area contributed by atoms with Crippen LogP contribution in [0.1, 0.15) is 6.92 Å². The summed E-state index contributed by atoms with van der Waals surface area (Å²) >= 11 is 0. The summed E-state index contributed by atoms with van der Waals surface area (Å²) in [5, 5.41) is 13.9. The first-order valence-corrected chi connectivity index (χ1v) is 5.62. The highest BCUT2D eigenvalue weighted by atomic mass is 16.3. The van der Waals surface area contributed by atoms with Gasteiger partial charge in [0.05, 0.1) is 12.5 Å². The van der Waals surface area contributed by atoms with Crippen molar-refractivity contribution in [2.75, 3.05) is 11.9 Å². The van der Waals surface area contributed by atoms with Crippen LogP contribution in [0.3, 0.4) is 0 Å². The number of hydrogen-bond acceptors (Lipinski definition) is 2. The number of aliphatic hydroxyl groups excluding tert-OH is 1. The standard InChI is InChI=1S/C14H15NO2/c1-10(9-16)14(17)15-13-8-4-6-11-5-2-3-7-12(11)13/h2-8,10,16H,9H2,1H3,(H,15,17). The largest absolute Gasteiger partial charge is 0.396 e. The van der Waals surface area contributed by atoms with Crippen LogP contribution < -0.4 is 5.32 Å². The van der Waals surface area contributed by atoms with E-state index in [-0.39, 0.29) is 12.5 Å². The van der Waals surface area contributed by atoms with Crippen molar-refractivity contribution in [2.45, 2.75) is 6.92 Å². The minimum Gasteiger partial charge on any atom is -0.396 e. The highest BCUT2D eigenvalue weighted by Gasteiger charge is 2.12. The summed E-state index contributed by atoms with van der Waals surface area (Å²) < 4.78 is 0. The fourth-order valence-electron chi connectivity index (χ4n) is 1.67. The normalized spacial score (nSPS) is 12.4. The zero-order valence-corrected chi connectivity index (χ0v) is 9.68. The second-order valence-electron chi connectivity index (χ2n) is 4.10. The Bertz CT molecular complexity index is 531. The number of nitrogens with one attached hydrogen (secondary N) is 1. The molecular weight excluding hydrogens is 214 g/mol. The lowest BCUT2D eigenvalue weighted by Gasteiger charge is -2.11. The van der Waals surface area contributed by atoms with Crippen LogP contribution in [-0.4, -0.2) is 17.6 Å². The summed E-state index contributed by atoms with van der Waals surface area (Å²) in [6.45, 7) is 1.55. The molecule has 3 heteroatoms. The van der Waals surface area contributed by atoms with Crippen LogP contribution in [0.4, 0.5) is 5.69 Å². The van der Waals surface area contributed by atoms with Gasteiger partial charge in [0.15, 0.2) is 0 Å². The number of hydrogen-bond donors (Lipinski definition) is 2. The van der Waals surface area contributed by atoms with Crippen molar-refractivity contribution in [2.24, 2.45) is 5.92 Å². The highest BCUT2D eigenvalue weighted by molar-refractivity contribution is 6.02. The summed E-state index contributed by atoms with van der Waals surface area (Å²) in [5.74, 6) is -0.558. The van der Waals surface area contributed by atoms with Gasteiger partial charge in [-0.1, -0.05) is 43.3 Å². The third kappa shape index (κ3) is 2.45. The fourth-order valence-corrected chi connectivity index (χ4v) is 1.67. The molecule has 2 N–H and O–H groups in total. The molecule has 0 fully saturated rings. The summed E-state index contributed by atoms with van der Waals surface area (Å²) in [4.78, 5) is 11.7. The Morgan fingerprint density at radius 2 is 1.94 bits per heavy atom. The number of rotatable bonds is 3. The average Bonchev–Trinajstić information content (AvgIpc) is 2.38. The molecule has 0 aliphatic carbocycles. The van der Waals surface area contributed by atoms with E-state index in [1.807, 2.05) is 42.5 Å². The van der Waals surface area contributed by atoms with E-state index in [2.05, 4.69) is 5.32 Å². The molecule has 2 aromatic carbocycles. The third-order valence-electron chi connectivity index (χ3n) is 2.77. The van der Waals surface area contributed by atoms with E-state index in [1.165, 1.54) is 0 Å². The molecule has 0 bridgehead atoms. The number of amides is 1. The number of fused-ring (bicyclic) bond motifs is 1. The molecule has 1 atom stereocenters. The van der Waals surface area contributed by atoms with E-state index in [9.17, 15) is 4.79 Å². The molecular formula is C14H15NO2. The maximum atomic E-state index is 11.7. The molecule has 0 heterocycles. The van der Waals surface area contributed by atoms with E-state index >= 15 is 0 Å². The van der Waals surface area contributed by atoms with Gasteiger partial charge in [-0.3, -0.25) is 4.79 Å². The van der Waals surface area contributed by atoms with Gasteiger partial charge in [0.1, 0.15) is 0 Å². The van der Waals surface area contributed by atoms with Gasteiger partial charge in [-0.15, -0.1) is 0 Å². The van der Waals surface area contributed by atoms with Crippen molar-refractivity contribution in [3.8, 4) is 0 Å². The third-order valence-corrected chi connectivity index (χ3v) is 2.77. The van der Waals surface area contributed by atoms with Crippen LogP contribution in [0, 0.1) is 5.92 Å². The van der Waals surface area contributed by atoms with Crippen LogP contribution in [0.2, 0.25) is 0 Å². The van der Waals surface area contributed by atoms with Crippen molar-refractivity contribution < 1.29 is 9.90 Å². The second kappa shape index (κ2) is 4.97. The maximum absolute atomic E-state index is 11.7. The van der Waals surface area contributed by atoms with Crippen molar-refractivity contribution in [1.82, 2.24) is 0 Å². The number of carbonyl (C=O) groups is 1. The van der Waals surface area contributed by atoms with E-state index in [0.29, 0.717) is 0 Å². The first-order chi connectivity index (χ1) is 8.22. The van der Waals surface area contributed by atoms with Gasteiger partial charge in [0, 0.05) is 11.1 Å². The topological polar surface area (TPSA) is 49.3 Å². The Labute approximate surface area is 100 Å². The van der Waals surface area contributed by atoms with Crippen molar-refractivity contribution in [1.29, 1.82) is 0 Å². The molecule has 0 saturated carbocycles.